The first-order valence-electron chi connectivity index (χ1n) is 9.59. The Kier molecular flexibility index (Phi) is 6.76. The quantitative estimate of drug-likeness (QED) is 0.592. The van der Waals surface area contributed by atoms with Crippen molar-refractivity contribution in [2.45, 2.75) is 20.0 Å². The third-order valence-electron chi connectivity index (χ3n) is 4.30. The van der Waals surface area contributed by atoms with Crippen LogP contribution in [0.5, 0.6) is 0 Å². The molecule has 1 heterocycles. The number of carbonyl (C=O) groups excluding carboxylic acids is 3. The van der Waals surface area contributed by atoms with E-state index in [1.807, 2.05) is 18.2 Å². The first-order chi connectivity index (χ1) is 14.9. The number of urea groups is 1. The van der Waals surface area contributed by atoms with Gasteiger partial charge in [0.05, 0.1) is 5.69 Å². The molecule has 0 unspecified atom stereocenters. The van der Waals surface area contributed by atoms with Crippen molar-refractivity contribution in [2.24, 2.45) is 0 Å². The molecule has 3 aromatic rings. The summed E-state index contributed by atoms with van der Waals surface area (Å²) < 4.78 is 20.1. The van der Waals surface area contributed by atoms with Crippen LogP contribution in [0, 0.1) is 5.82 Å². The summed E-state index contributed by atoms with van der Waals surface area (Å²) >= 11 is 0. The molecule has 3 rings (SSSR count). The lowest BCUT2D eigenvalue weighted by molar-refractivity contribution is -0.127. The molecule has 160 valence electrons. The van der Waals surface area contributed by atoms with Crippen molar-refractivity contribution in [3.8, 4) is 16.9 Å². The highest BCUT2D eigenvalue weighted by molar-refractivity contribution is 6.00. The van der Waals surface area contributed by atoms with E-state index in [1.54, 1.807) is 19.1 Å². The highest BCUT2D eigenvalue weighted by Crippen LogP contribution is 2.25. The molecule has 31 heavy (non-hydrogen) atoms. The summed E-state index contributed by atoms with van der Waals surface area (Å²) in [6.07, 6.45) is 0.251. The van der Waals surface area contributed by atoms with E-state index in [0.717, 1.165) is 0 Å². The number of halogens is 1. The molecule has 2 N–H and O–H groups in total. The van der Waals surface area contributed by atoms with Crippen LogP contribution < -0.4 is 10.6 Å². The molecule has 3 amide bonds. The topological polar surface area (TPSA) is 102 Å². The molecule has 0 aliphatic heterocycles. The molecule has 0 fully saturated rings. The fraction of sp³-hybridized carbons (Fsp3) is 0.182. The van der Waals surface area contributed by atoms with Crippen molar-refractivity contribution in [3.05, 3.63) is 72.2 Å². The lowest BCUT2D eigenvalue weighted by atomic mass is 10.1. The average Bonchev–Trinajstić information content (AvgIpc) is 3.20. The zero-order valence-electron chi connectivity index (χ0n) is 17.0. The monoisotopic (exact) mass is 424 g/mol. The highest BCUT2D eigenvalue weighted by Gasteiger charge is 2.25. The van der Waals surface area contributed by atoms with Gasteiger partial charge < -0.3 is 10.1 Å². The van der Waals surface area contributed by atoms with Gasteiger partial charge in [-0.1, -0.05) is 18.2 Å². The number of benzene rings is 2. The van der Waals surface area contributed by atoms with Gasteiger partial charge in [0.1, 0.15) is 17.1 Å². The number of imide groups is 1. The van der Waals surface area contributed by atoms with Crippen LogP contribution in [0.3, 0.4) is 0 Å². The first kappa shape index (κ1) is 21.7. The molecule has 2 aromatic carbocycles. The van der Waals surface area contributed by atoms with E-state index in [0.29, 0.717) is 17.8 Å². The molecule has 0 saturated heterocycles. The number of esters is 1. The summed E-state index contributed by atoms with van der Waals surface area (Å²) in [6, 6.07) is 13.9. The smallest absolute Gasteiger partial charge is 0.342 e. The van der Waals surface area contributed by atoms with Crippen LogP contribution >= 0.6 is 0 Å². The van der Waals surface area contributed by atoms with Crippen molar-refractivity contribution >= 4 is 17.9 Å². The number of nitrogens with one attached hydrogen (secondary N) is 2. The van der Waals surface area contributed by atoms with E-state index in [1.165, 1.54) is 42.1 Å². The number of hydrogen-bond acceptors (Lipinski definition) is 5. The molecular weight excluding hydrogens is 403 g/mol. The van der Waals surface area contributed by atoms with E-state index >= 15 is 0 Å². The van der Waals surface area contributed by atoms with Gasteiger partial charge >= 0.3 is 12.0 Å². The predicted octanol–water partition coefficient (Wildman–Crippen LogP) is 3.07. The SMILES string of the molecule is CCNC(=O)NC(=O)[C@@H](C)OC(=O)c1cn(-c2ccccc2)nc1-c1ccc(F)cc1. The van der Waals surface area contributed by atoms with Gasteiger partial charge in [-0.15, -0.1) is 0 Å². The second kappa shape index (κ2) is 9.66. The minimum Gasteiger partial charge on any atom is -0.449 e. The fourth-order valence-corrected chi connectivity index (χ4v) is 2.75. The lowest BCUT2D eigenvalue weighted by Crippen LogP contribution is -2.44. The molecule has 0 aliphatic rings. The number of hydrogen-bond donors (Lipinski definition) is 2. The standard InChI is InChI=1S/C22H21FN4O4/c1-3-24-22(30)25-20(28)14(2)31-21(29)18-13-27(17-7-5-4-6-8-17)26-19(18)15-9-11-16(23)12-10-15/h4-14H,3H2,1-2H3,(H2,24,25,28,30)/t14-/m1/s1. The van der Waals surface area contributed by atoms with Gasteiger partial charge in [0.15, 0.2) is 6.10 Å². The maximum absolute atomic E-state index is 13.4. The second-order valence-electron chi connectivity index (χ2n) is 6.57. The van der Waals surface area contributed by atoms with E-state index in [-0.39, 0.29) is 11.3 Å². The number of nitrogens with zero attached hydrogens (tertiary/aromatic N) is 2. The van der Waals surface area contributed by atoms with Crippen molar-refractivity contribution in [1.82, 2.24) is 20.4 Å². The van der Waals surface area contributed by atoms with Crippen molar-refractivity contribution in [2.75, 3.05) is 6.54 Å². The normalized spacial score (nSPS) is 11.5. The van der Waals surface area contributed by atoms with Crippen molar-refractivity contribution in [3.63, 3.8) is 0 Å². The number of para-hydroxylation sites is 1. The molecule has 0 saturated carbocycles. The summed E-state index contributed by atoms with van der Waals surface area (Å²) in [5.41, 5.74) is 1.56. The minimum atomic E-state index is -1.23. The van der Waals surface area contributed by atoms with Crippen LogP contribution in [0.2, 0.25) is 0 Å². The number of rotatable bonds is 6. The van der Waals surface area contributed by atoms with Crippen molar-refractivity contribution < 1.29 is 23.5 Å². The zero-order valence-corrected chi connectivity index (χ0v) is 17.0. The summed E-state index contributed by atoms with van der Waals surface area (Å²) in [7, 11) is 0. The molecular formula is C22H21FN4O4. The van der Waals surface area contributed by atoms with Crippen LogP contribution in [0.4, 0.5) is 9.18 Å². The summed E-state index contributed by atoms with van der Waals surface area (Å²) in [5, 5.41) is 8.96. The summed E-state index contributed by atoms with van der Waals surface area (Å²) in [5.74, 6) is -2.00. The summed E-state index contributed by atoms with van der Waals surface area (Å²) in [6.45, 7) is 3.40. The number of amides is 3. The number of aromatic nitrogens is 2. The van der Waals surface area contributed by atoms with Crippen LogP contribution in [-0.4, -0.2) is 40.3 Å². The van der Waals surface area contributed by atoms with Gasteiger partial charge in [-0.25, -0.2) is 18.7 Å². The largest absolute Gasteiger partial charge is 0.449 e. The maximum atomic E-state index is 13.4. The minimum absolute atomic E-state index is 0.0909. The van der Waals surface area contributed by atoms with Gasteiger partial charge in [0.25, 0.3) is 5.91 Å². The Hall–Kier alpha value is -4.01. The third kappa shape index (κ3) is 5.33. The van der Waals surface area contributed by atoms with E-state index in [4.69, 9.17) is 4.74 Å². The Labute approximate surface area is 178 Å². The van der Waals surface area contributed by atoms with Gasteiger partial charge in [-0.2, -0.15) is 5.10 Å². The fourth-order valence-electron chi connectivity index (χ4n) is 2.75. The highest BCUT2D eigenvalue weighted by atomic mass is 19.1. The Balaban J connectivity index is 1.88. The first-order valence-corrected chi connectivity index (χ1v) is 9.59. The average molecular weight is 424 g/mol. The summed E-state index contributed by atoms with van der Waals surface area (Å²) in [4.78, 5) is 36.5. The molecule has 9 heteroatoms. The molecule has 0 bridgehead atoms. The van der Waals surface area contributed by atoms with Gasteiger partial charge in [0, 0.05) is 18.3 Å². The number of ether oxygens (including phenoxy) is 1. The van der Waals surface area contributed by atoms with Gasteiger partial charge in [-0.3, -0.25) is 10.1 Å². The Bertz CT molecular complexity index is 1080. The van der Waals surface area contributed by atoms with Crippen LogP contribution in [-0.2, 0) is 9.53 Å². The molecule has 8 nitrogen and oxygen atoms in total. The van der Waals surface area contributed by atoms with Crippen molar-refractivity contribution in [1.29, 1.82) is 0 Å². The Morgan fingerprint density at radius 1 is 1.10 bits per heavy atom. The second-order valence-corrected chi connectivity index (χ2v) is 6.57. The van der Waals surface area contributed by atoms with E-state index in [9.17, 15) is 18.8 Å². The Morgan fingerprint density at radius 3 is 2.42 bits per heavy atom. The van der Waals surface area contributed by atoms with Crippen LogP contribution in [0.15, 0.2) is 60.8 Å². The lowest BCUT2D eigenvalue weighted by Gasteiger charge is -2.13. The predicted molar refractivity (Wildman–Crippen MR) is 111 cm³/mol. The third-order valence-corrected chi connectivity index (χ3v) is 4.30. The van der Waals surface area contributed by atoms with E-state index in [2.05, 4.69) is 15.7 Å². The molecule has 1 atom stereocenters. The van der Waals surface area contributed by atoms with Gasteiger partial charge in [0.2, 0.25) is 0 Å². The Morgan fingerprint density at radius 2 is 1.77 bits per heavy atom. The van der Waals surface area contributed by atoms with Crippen LogP contribution in [0.1, 0.15) is 24.2 Å². The molecule has 0 radical (unpaired) electrons. The van der Waals surface area contributed by atoms with E-state index < -0.39 is 29.8 Å². The zero-order chi connectivity index (χ0) is 22.4. The molecule has 1 aromatic heterocycles. The maximum Gasteiger partial charge on any atom is 0.342 e. The molecule has 0 aliphatic carbocycles. The number of carbonyl (C=O) groups is 3. The van der Waals surface area contributed by atoms with Crippen LogP contribution in [0.25, 0.3) is 16.9 Å². The van der Waals surface area contributed by atoms with Gasteiger partial charge in [-0.05, 0) is 50.2 Å². The molecule has 0 spiro atoms.